The Labute approximate surface area is 66.3 Å². The fourth-order valence-electron chi connectivity index (χ4n) is 1.73. The first-order chi connectivity index (χ1) is 5.22. The molecule has 11 heavy (non-hydrogen) atoms. The summed E-state index contributed by atoms with van der Waals surface area (Å²) in [6.07, 6.45) is 2.06. The summed E-state index contributed by atoms with van der Waals surface area (Å²) in [5.74, 6) is -0.498. The smallest absolute Gasteiger partial charge is 0.173 e. The van der Waals surface area contributed by atoms with Crippen molar-refractivity contribution in [2.75, 3.05) is 19.8 Å². The molecule has 3 heteroatoms. The number of hydrogen-bond acceptors (Lipinski definition) is 3. The van der Waals surface area contributed by atoms with Crippen molar-refractivity contribution < 1.29 is 14.6 Å². The highest BCUT2D eigenvalue weighted by molar-refractivity contribution is 5.03. The molecular weight excluding hydrogens is 144 g/mol. The molecule has 3 nitrogen and oxygen atoms in total. The summed E-state index contributed by atoms with van der Waals surface area (Å²) in [6, 6.07) is 0. The van der Waals surface area contributed by atoms with E-state index in [2.05, 4.69) is 0 Å². The normalized spacial score (nSPS) is 32.2. The van der Waals surface area contributed by atoms with E-state index in [-0.39, 0.29) is 12.0 Å². The molecule has 1 aliphatic heterocycles. The second-order valence-electron chi connectivity index (χ2n) is 3.58. The molecule has 0 radical (unpaired) electrons. The molecule has 1 aliphatic carbocycles. The summed E-state index contributed by atoms with van der Waals surface area (Å²) in [6.45, 7) is 3.45. The Morgan fingerprint density at radius 3 is 2.18 bits per heavy atom. The number of hydrogen-bond donors (Lipinski definition) is 1. The van der Waals surface area contributed by atoms with E-state index in [4.69, 9.17) is 14.6 Å². The molecule has 2 rings (SSSR count). The standard InChI is InChI=1S/C8H14O3/c1-7(10-4-5-11-7)8(6-9)2-3-8/h9H,2-6H2,1H3. The van der Waals surface area contributed by atoms with E-state index in [1.54, 1.807) is 0 Å². The minimum atomic E-state index is -0.498. The average Bonchev–Trinajstić information content (AvgIpc) is 2.71. The van der Waals surface area contributed by atoms with Gasteiger partial charge in [-0.25, -0.2) is 0 Å². The van der Waals surface area contributed by atoms with Gasteiger partial charge in [0.05, 0.1) is 19.8 Å². The molecule has 2 fully saturated rings. The highest BCUT2D eigenvalue weighted by Gasteiger charge is 2.60. The molecule has 1 saturated carbocycles. The fraction of sp³-hybridized carbons (Fsp3) is 1.00. The lowest BCUT2D eigenvalue weighted by Gasteiger charge is -2.30. The van der Waals surface area contributed by atoms with Crippen molar-refractivity contribution in [2.45, 2.75) is 25.6 Å². The van der Waals surface area contributed by atoms with Gasteiger partial charge in [-0.3, -0.25) is 0 Å². The van der Waals surface area contributed by atoms with Crippen LogP contribution in [0.1, 0.15) is 19.8 Å². The van der Waals surface area contributed by atoms with Crippen molar-refractivity contribution in [3.63, 3.8) is 0 Å². The van der Waals surface area contributed by atoms with Crippen molar-refractivity contribution in [3.8, 4) is 0 Å². The lowest BCUT2D eigenvalue weighted by molar-refractivity contribution is -0.201. The topological polar surface area (TPSA) is 38.7 Å². The van der Waals surface area contributed by atoms with Gasteiger partial charge in [-0.05, 0) is 19.8 Å². The summed E-state index contributed by atoms with van der Waals surface area (Å²) in [7, 11) is 0. The minimum absolute atomic E-state index is 0.0799. The fourth-order valence-corrected chi connectivity index (χ4v) is 1.73. The second-order valence-corrected chi connectivity index (χ2v) is 3.58. The van der Waals surface area contributed by atoms with Crippen LogP contribution in [0.4, 0.5) is 0 Å². The van der Waals surface area contributed by atoms with E-state index in [1.165, 1.54) is 0 Å². The summed E-state index contributed by atoms with van der Waals surface area (Å²) >= 11 is 0. The molecule has 1 heterocycles. The van der Waals surface area contributed by atoms with Gasteiger partial charge in [0.25, 0.3) is 0 Å². The molecule has 1 N–H and O–H groups in total. The van der Waals surface area contributed by atoms with Crippen LogP contribution in [0.3, 0.4) is 0 Å². The summed E-state index contributed by atoms with van der Waals surface area (Å²) in [4.78, 5) is 0. The molecule has 0 aromatic rings. The summed E-state index contributed by atoms with van der Waals surface area (Å²) in [5, 5.41) is 9.12. The predicted molar refractivity (Wildman–Crippen MR) is 39.1 cm³/mol. The van der Waals surface area contributed by atoms with E-state index >= 15 is 0 Å². The highest BCUT2D eigenvalue weighted by Crippen LogP contribution is 2.56. The maximum absolute atomic E-state index is 9.12. The Hall–Kier alpha value is -0.120. The third-order valence-corrected chi connectivity index (χ3v) is 2.96. The average molecular weight is 158 g/mol. The molecule has 0 aromatic carbocycles. The molecular formula is C8H14O3. The first kappa shape index (κ1) is 7.53. The maximum Gasteiger partial charge on any atom is 0.173 e. The molecule has 64 valence electrons. The van der Waals surface area contributed by atoms with Crippen LogP contribution in [0.5, 0.6) is 0 Å². The van der Waals surface area contributed by atoms with Crippen LogP contribution in [-0.4, -0.2) is 30.7 Å². The van der Waals surface area contributed by atoms with Gasteiger partial charge in [0.1, 0.15) is 0 Å². The Bertz CT molecular complexity index is 157. The second kappa shape index (κ2) is 2.19. The largest absolute Gasteiger partial charge is 0.396 e. The van der Waals surface area contributed by atoms with Gasteiger partial charge in [0.2, 0.25) is 0 Å². The van der Waals surface area contributed by atoms with Gasteiger partial charge in [-0.2, -0.15) is 0 Å². The van der Waals surface area contributed by atoms with Crippen LogP contribution < -0.4 is 0 Å². The van der Waals surface area contributed by atoms with E-state index in [0.29, 0.717) is 13.2 Å². The quantitative estimate of drug-likeness (QED) is 0.636. The Balaban J connectivity index is 2.12. The number of aliphatic hydroxyl groups is 1. The molecule has 0 spiro atoms. The molecule has 0 amide bonds. The molecule has 0 bridgehead atoms. The van der Waals surface area contributed by atoms with Crippen molar-refractivity contribution in [2.24, 2.45) is 5.41 Å². The Kier molecular flexibility index (Phi) is 1.50. The van der Waals surface area contributed by atoms with Crippen molar-refractivity contribution in [3.05, 3.63) is 0 Å². The monoisotopic (exact) mass is 158 g/mol. The van der Waals surface area contributed by atoms with Crippen LogP contribution in [-0.2, 0) is 9.47 Å². The highest BCUT2D eigenvalue weighted by atomic mass is 16.7. The van der Waals surface area contributed by atoms with Gasteiger partial charge < -0.3 is 14.6 Å². The third kappa shape index (κ3) is 0.916. The zero-order chi connectivity index (χ0) is 7.95. The molecule has 0 unspecified atom stereocenters. The SMILES string of the molecule is CC1(C2(CO)CC2)OCCO1. The van der Waals surface area contributed by atoms with Gasteiger partial charge >= 0.3 is 0 Å². The van der Waals surface area contributed by atoms with Crippen molar-refractivity contribution in [1.82, 2.24) is 0 Å². The van der Waals surface area contributed by atoms with Gasteiger partial charge in [-0.1, -0.05) is 0 Å². The zero-order valence-corrected chi connectivity index (χ0v) is 6.80. The zero-order valence-electron chi connectivity index (χ0n) is 6.80. The van der Waals surface area contributed by atoms with E-state index in [1.807, 2.05) is 6.92 Å². The van der Waals surface area contributed by atoms with Crippen molar-refractivity contribution in [1.29, 1.82) is 0 Å². The Morgan fingerprint density at radius 2 is 1.82 bits per heavy atom. The van der Waals surface area contributed by atoms with E-state index < -0.39 is 5.79 Å². The molecule has 0 aromatic heterocycles. The Morgan fingerprint density at radius 1 is 1.27 bits per heavy atom. The molecule has 2 aliphatic rings. The first-order valence-electron chi connectivity index (χ1n) is 4.11. The van der Waals surface area contributed by atoms with E-state index in [0.717, 1.165) is 12.8 Å². The van der Waals surface area contributed by atoms with Crippen LogP contribution in [0.15, 0.2) is 0 Å². The van der Waals surface area contributed by atoms with Gasteiger partial charge in [0.15, 0.2) is 5.79 Å². The lowest BCUT2D eigenvalue weighted by atomic mass is 9.98. The maximum atomic E-state index is 9.12. The van der Waals surface area contributed by atoms with Crippen molar-refractivity contribution >= 4 is 0 Å². The molecule has 0 atom stereocenters. The predicted octanol–water partition coefficient (Wildman–Crippen LogP) is 0.522. The lowest BCUT2D eigenvalue weighted by Crippen LogP contribution is -2.39. The molecule has 1 saturated heterocycles. The van der Waals surface area contributed by atoms with Crippen LogP contribution in [0.25, 0.3) is 0 Å². The van der Waals surface area contributed by atoms with Crippen LogP contribution >= 0.6 is 0 Å². The summed E-state index contributed by atoms with van der Waals surface area (Å²) in [5.41, 5.74) is -0.0799. The minimum Gasteiger partial charge on any atom is -0.396 e. The van der Waals surface area contributed by atoms with Crippen LogP contribution in [0, 0.1) is 5.41 Å². The number of ether oxygens (including phenoxy) is 2. The first-order valence-corrected chi connectivity index (χ1v) is 4.11. The van der Waals surface area contributed by atoms with Gasteiger partial charge in [-0.15, -0.1) is 0 Å². The van der Waals surface area contributed by atoms with E-state index in [9.17, 15) is 0 Å². The number of aliphatic hydroxyl groups excluding tert-OH is 1. The third-order valence-electron chi connectivity index (χ3n) is 2.96. The van der Waals surface area contributed by atoms with Gasteiger partial charge in [0, 0.05) is 5.41 Å². The van der Waals surface area contributed by atoms with Crippen LogP contribution in [0.2, 0.25) is 0 Å². The summed E-state index contributed by atoms with van der Waals surface area (Å²) < 4.78 is 11.0. The number of rotatable bonds is 2.